The zero-order valence-electron chi connectivity index (χ0n) is 23.7. The second kappa shape index (κ2) is 13.3. The number of sulfonamides is 1. The Morgan fingerprint density at radius 3 is 2.28 bits per heavy atom. The van der Waals surface area contributed by atoms with Crippen LogP contribution >= 0.6 is 0 Å². The monoisotopic (exact) mass is 592 g/mol. The molecule has 5 aromatic rings. The Hall–Kier alpha value is -5.02. The number of amides is 2. The molecule has 0 aliphatic carbocycles. The third-order valence-electron chi connectivity index (χ3n) is 7.04. The molecule has 0 fully saturated rings. The van der Waals surface area contributed by atoms with Crippen molar-refractivity contribution < 1.29 is 18.0 Å². The average Bonchev–Trinajstić information content (AvgIpc) is 3.46. The van der Waals surface area contributed by atoms with Gasteiger partial charge in [0.25, 0.3) is 10.0 Å². The number of fused-ring (bicyclic) bond motifs is 1. The quantitative estimate of drug-likeness (QED) is 0.207. The van der Waals surface area contributed by atoms with Crippen LogP contribution in [0.25, 0.3) is 16.8 Å². The molecule has 1 aromatic heterocycles. The highest BCUT2D eigenvalue weighted by atomic mass is 32.2. The molecular weight excluding hydrogens is 560 g/mol. The lowest BCUT2D eigenvalue weighted by atomic mass is 9.98. The number of rotatable bonds is 11. The molecule has 1 N–H and O–H groups in total. The van der Waals surface area contributed by atoms with Crippen molar-refractivity contribution >= 4 is 44.4 Å². The first-order chi connectivity index (χ1) is 20.8. The maximum Gasteiger partial charge on any atom is 0.257 e. The zero-order valence-corrected chi connectivity index (χ0v) is 24.5. The highest BCUT2D eigenvalue weighted by molar-refractivity contribution is 7.93. The van der Waals surface area contributed by atoms with Crippen molar-refractivity contribution in [2.24, 2.45) is 5.92 Å². The van der Waals surface area contributed by atoms with Gasteiger partial charge in [-0.25, -0.2) is 13.1 Å². The normalized spacial score (nSPS) is 12.3. The number of hydrogen-bond acceptors (Lipinski definition) is 5. The second-order valence-electron chi connectivity index (χ2n) is 10.1. The smallest absolute Gasteiger partial charge is 0.257 e. The van der Waals surface area contributed by atoms with Gasteiger partial charge in [0, 0.05) is 18.4 Å². The van der Waals surface area contributed by atoms with E-state index in [9.17, 15) is 18.0 Å². The van der Waals surface area contributed by atoms with Gasteiger partial charge in [0.1, 0.15) is 5.92 Å². The Balaban J connectivity index is 1.42. The van der Waals surface area contributed by atoms with Crippen molar-refractivity contribution in [3.05, 3.63) is 138 Å². The van der Waals surface area contributed by atoms with Crippen LogP contribution in [0.5, 0.6) is 0 Å². The van der Waals surface area contributed by atoms with E-state index in [1.54, 1.807) is 41.3 Å². The first kappa shape index (κ1) is 29.5. The Morgan fingerprint density at radius 1 is 0.884 bits per heavy atom. The summed E-state index contributed by atoms with van der Waals surface area (Å²) in [6.07, 6.45) is 4.75. The molecule has 218 valence electrons. The summed E-state index contributed by atoms with van der Waals surface area (Å²) >= 11 is 0. The zero-order chi connectivity index (χ0) is 30.2. The molecule has 1 heterocycles. The number of aromatic nitrogens is 2. The van der Waals surface area contributed by atoms with E-state index in [0.717, 1.165) is 21.7 Å². The van der Waals surface area contributed by atoms with E-state index in [1.165, 1.54) is 11.0 Å². The van der Waals surface area contributed by atoms with Crippen LogP contribution in [-0.4, -0.2) is 36.6 Å². The molecule has 1 atom stereocenters. The standard InChI is InChI=1S/C34H32N4O4S/c1-2-38(31-18-17-29-15-9-10-16-30(29)22-31)34(40)32(21-28-23-35-37(25-28)24-27-13-7-4-8-14-27)33(39)36-43(41,42)20-19-26-11-5-3-6-12-26/h3-20,22-23,25,32H,2,21,24H2,1H3,(H,36,39). The molecule has 0 aliphatic heterocycles. The molecule has 0 spiro atoms. The molecule has 43 heavy (non-hydrogen) atoms. The third-order valence-corrected chi connectivity index (χ3v) is 8.02. The fraction of sp³-hybridized carbons (Fsp3) is 0.147. The largest absolute Gasteiger partial charge is 0.312 e. The summed E-state index contributed by atoms with van der Waals surface area (Å²) in [5, 5.41) is 7.31. The number of hydrogen-bond donors (Lipinski definition) is 1. The van der Waals surface area contributed by atoms with Crippen LogP contribution in [0.1, 0.15) is 23.6 Å². The van der Waals surface area contributed by atoms with Gasteiger partial charge in [-0.15, -0.1) is 0 Å². The summed E-state index contributed by atoms with van der Waals surface area (Å²) in [6, 6.07) is 32.1. The van der Waals surface area contributed by atoms with Gasteiger partial charge in [0.05, 0.1) is 18.1 Å². The highest BCUT2D eigenvalue weighted by Crippen LogP contribution is 2.25. The Morgan fingerprint density at radius 2 is 1.56 bits per heavy atom. The molecule has 5 rings (SSSR count). The average molecular weight is 593 g/mol. The van der Waals surface area contributed by atoms with Crippen LogP contribution in [0.4, 0.5) is 5.69 Å². The summed E-state index contributed by atoms with van der Waals surface area (Å²) in [4.78, 5) is 29.1. The van der Waals surface area contributed by atoms with E-state index in [0.29, 0.717) is 23.4 Å². The first-order valence-electron chi connectivity index (χ1n) is 14.0. The minimum Gasteiger partial charge on any atom is -0.312 e. The molecular formula is C34H32N4O4S. The minimum atomic E-state index is -4.18. The molecule has 9 heteroatoms. The van der Waals surface area contributed by atoms with E-state index in [4.69, 9.17) is 0 Å². The fourth-order valence-electron chi connectivity index (χ4n) is 4.87. The van der Waals surface area contributed by atoms with E-state index in [2.05, 4.69) is 9.82 Å². The Bertz CT molecular complexity index is 1850. The van der Waals surface area contributed by atoms with Crippen molar-refractivity contribution in [3.63, 3.8) is 0 Å². The van der Waals surface area contributed by atoms with Crippen LogP contribution in [-0.2, 0) is 32.6 Å². The summed E-state index contributed by atoms with van der Waals surface area (Å²) in [5.74, 6) is -2.73. The number of anilines is 1. The van der Waals surface area contributed by atoms with Gasteiger partial charge < -0.3 is 4.90 Å². The third kappa shape index (κ3) is 7.64. The van der Waals surface area contributed by atoms with Crippen molar-refractivity contribution in [1.82, 2.24) is 14.5 Å². The summed E-state index contributed by atoms with van der Waals surface area (Å²) in [6.45, 7) is 2.62. The molecule has 0 aliphatic rings. The Labute approximate surface area is 251 Å². The van der Waals surface area contributed by atoms with Gasteiger partial charge in [0.2, 0.25) is 11.8 Å². The van der Waals surface area contributed by atoms with Crippen molar-refractivity contribution in [1.29, 1.82) is 0 Å². The fourth-order valence-corrected chi connectivity index (χ4v) is 5.70. The second-order valence-corrected chi connectivity index (χ2v) is 11.7. The number of carbonyl (C=O) groups is 2. The molecule has 0 saturated carbocycles. The SMILES string of the molecule is CCN(C(=O)C(Cc1cnn(Cc2ccccc2)c1)C(=O)NS(=O)(=O)C=Cc1ccccc1)c1ccc2ccccc2c1. The minimum absolute atomic E-state index is 0.0263. The molecule has 2 amide bonds. The summed E-state index contributed by atoms with van der Waals surface area (Å²) < 4.78 is 29.6. The van der Waals surface area contributed by atoms with Gasteiger partial charge in [-0.05, 0) is 59.0 Å². The molecule has 0 saturated heterocycles. The Kier molecular flexibility index (Phi) is 9.12. The number of benzene rings is 4. The van der Waals surface area contributed by atoms with Gasteiger partial charge in [-0.3, -0.25) is 14.3 Å². The molecule has 8 nitrogen and oxygen atoms in total. The van der Waals surface area contributed by atoms with E-state index >= 15 is 0 Å². The molecule has 0 bridgehead atoms. The van der Waals surface area contributed by atoms with Gasteiger partial charge in [-0.2, -0.15) is 5.10 Å². The summed E-state index contributed by atoms with van der Waals surface area (Å²) in [7, 11) is -4.18. The predicted octanol–water partition coefficient (Wildman–Crippen LogP) is 5.41. The van der Waals surface area contributed by atoms with Crippen LogP contribution in [0.15, 0.2) is 121 Å². The van der Waals surface area contributed by atoms with Crippen molar-refractivity contribution in [3.8, 4) is 0 Å². The van der Waals surface area contributed by atoms with Crippen LogP contribution in [0, 0.1) is 5.92 Å². The topological polar surface area (TPSA) is 101 Å². The summed E-state index contributed by atoms with van der Waals surface area (Å²) in [5.41, 5.74) is 2.96. The lowest BCUT2D eigenvalue weighted by Gasteiger charge is -2.26. The van der Waals surface area contributed by atoms with Crippen molar-refractivity contribution in [2.45, 2.75) is 19.9 Å². The van der Waals surface area contributed by atoms with E-state index in [1.807, 2.05) is 85.8 Å². The van der Waals surface area contributed by atoms with E-state index in [-0.39, 0.29) is 13.0 Å². The number of nitrogens with one attached hydrogen (secondary N) is 1. The molecule has 1 unspecified atom stereocenters. The first-order valence-corrected chi connectivity index (χ1v) is 15.5. The molecule has 0 radical (unpaired) electrons. The van der Waals surface area contributed by atoms with Crippen molar-refractivity contribution in [2.75, 3.05) is 11.4 Å². The van der Waals surface area contributed by atoms with Gasteiger partial charge >= 0.3 is 0 Å². The van der Waals surface area contributed by atoms with Crippen LogP contribution in [0.2, 0.25) is 0 Å². The number of nitrogens with zero attached hydrogens (tertiary/aromatic N) is 3. The van der Waals surface area contributed by atoms with Gasteiger partial charge in [-0.1, -0.05) is 91.0 Å². The maximum absolute atomic E-state index is 14.0. The van der Waals surface area contributed by atoms with Crippen LogP contribution < -0.4 is 9.62 Å². The predicted molar refractivity (Wildman–Crippen MR) is 169 cm³/mol. The maximum atomic E-state index is 14.0. The lowest BCUT2D eigenvalue weighted by Crippen LogP contribution is -2.46. The van der Waals surface area contributed by atoms with E-state index < -0.39 is 27.8 Å². The lowest BCUT2D eigenvalue weighted by molar-refractivity contribution is -0.132. The number of carbonyl (C=O) groups excluding carboxylic acids is 2. The highest BCUT2D eigenvalue weighted by Gasteiger charge is 2.33. The van der Waals surface area contributed by atoms with Crippen LogP contribution in [0.3, 0.4) is 0 Å². The van der Waals surface area contributed by atoms with Gasteiger partial charge in [0.15, 0.2) is 0 Å². The molecule has 4 aromatic carbocycles.